The minimum Gasteiger partial charge on any atom is -0.305 e. The van der Waals surface area contributed by atoms with Crippen LogP contribution >= 0.6 is 11.3 Å². The Balaban J connectivity index is 2.04. The van der Waals surface area contributed by atoms with E-state index in [4.69, 9.17) is 0 Å². The molecule has 1 aromatic carbocycles. The van der Waals surface area contributed by atoms with Gasteiger partial charge in [0.1, 0.15) is 5.01 Å². The molecule has 2 heterocycles. The number of benzene rings is 1. The average Bonchev–Trinajstić information content (AvgIpc) is 2.93. The van der Waals surface area contributed by atoms with Gasteiger partial charge in [0.25, 0.3) is 0 Å². The van der Waals surface area contributed by atoms with Crippen LogP contribution in [0, 0.1) is 6.92 Å². The summed E-state index contributed by atoms with van der Waals surface area (Å²) in [6.07, 6.45) is 1.84. The minimum atomic E-state index is 0.952. The van der Waals surface area contributed by atoms with E-state index in [-0.39, 0.29) is 0 Å². The molecule has 0 radical (unpaired) electrons. The summed E-state index contributed by atoms with van der Waals surface area (Å²) in [7, 11) is 4.16. The van der Waals surface area contributed by atoms with Gasteiger partial charge in [-0.2, -0.15) is 5.10 Å². The van der Waals surface area contributed by atoms with Crippen LogP contribution in [0.2, 0.25) is 0 Å². The van der Waals surface area contributed by atoms with Crippen LogP contribution in [-0.4, -0.2) is 34.2 Å². The molecular formula is C14H16N4S. The van der Waals surface area contributed by atoms with Crippen molar-refractivity contribution in [3.63, 3.8) is 0 Å². The molecule has 4 nitrogen and oxygen atoms in total. The lowest BCUT2D eigenvalue weighted by molar-refractivity contribution is 0.403. The Morgan fingerprint density at radius 3 is 2.84 bits per heavy atom. The molecule has 2 aromatic heterocycles. The fraction of sp³-hybridized carbons (Fsp3) is 0.286. The quantitative estimate of drug-likeness (QED) is 0.797. The largest absolute Gasteiger partial charge is 0.305 e. The first-order chi connectivity index (χ1) is 9.13. The molecule has 0 spiro atoms. The van der Waals surface area contributed by atoms with E-state index in [1.54, 1.807) is 11.3 Å². The second-order valence-corrected chi connectivity index (χ2v) is 6.00. The molecule has 98 valence electrons. The lowest BCUT2D eigenvalue weighted by atomic mass is 10.2. The van der Waals surface area contributed by atoms with E-state index >= 15 is 0 Å². The Labute approximate surface area is 116 Å². The number of thiazole rings is 1. The van der Waals surface area contributed by atoms with E-state index in [1.165, 1.54) is 10.3 Å². The Hall–Kier alpha value is -1.72. The number of fused-ring (bicyclic) bond motifs is 1. The zero-order chi connectivity index (χ0) is 13.4. The molecule has 1 N–H and O–H groups in total. The second-order valence-electron chi connectivity index (χ2n) is 4.97. The first-order valence-corrected chi connectivity index (χ1v) is 6.99. The first-order valence-electron chi connectivity index (χ1n) is 6.18. The lowest BCUT2D eigenvalue weighted by Gasteiger charge is -2.08. The number of hydrogen-bond acceptors (Lipinski definition) is 4. The number of aryl methyl sites for hydroxylation is 1. The van der Waals surface area contributed by atoms with Crippen molar-refractivity contribution in [3.05, 3.63) is 35.7 Å². The number of H-pyrrole nitrogens is 1. The summed E-state index contributed by atoms with van der Waals surface area (Å²) in [5.74, 6) is 0. The molecule has 19 heavy (non-hydrogen) atoms. The lowest BCUT2D eigenvalue weighted by Crippen LogP contribution is -2.10. The van der Waals surface area contributed by atoms with Crippen LogP contribution in [0.15, 0.2) is 24.4 Å². The summed E-state index contributed by atoms with van der Waals surface area (Å²) in [4.78, 5) is 6.85. The van der Waals surface area contributed by atoms with Gasteiger partial charge in [-0.25, -0.2) is 4.98 Å². The standard InChI is InChI=1S/C14H16N4S/c1-9-11(7-15-17-9)14-16-12-5-4-10(8-18(2)3)6-13(12)19-14/h4-7H,8H2,1-3H3,(H,15,17). The fourth-order valence-corrected chi connectivity index (χ4v) is 3.21. The maximum absolute atomic E-state index is 4.68. The highest BCUT2D eigenvalue weighted by Crippen LogP contribution is 2.31. The van der Waals surface area contributed by atoms with Crippen molar-refractivity contribution >= 4 is 21.6 Å². The van der Waals surface area contributed by atoms with Crippen molar-refractivity contribution in [2.45, 2.75) is 13.5 Å². The number of nitrogens with zero attached hydrogens (tertiary/aromatic N) is 3. The van der Waals surface area contributed by atoms with Crippen LogP contribution in [0.1, 0.15) is 11.3 Å². The van der Waals surface area contributed by atoms with Crippen LogP contribution in [0.4, 0.5) is 0 Å². The van der Waals surface area contributed by atoms with E-state index in [0.29, 0.717) is 0 Å². The van der Waals surface area contributed by atoms with Crippen molar-refractivity contribution in [1.82, 2.24) is 20.1 Å². The number of aromatic nitrogens is 3. The molecule has 0 bridgehead atoms. The zero-order valence-corrected chi connectivity index (χ0v) is 12.1. The van der Waals surface area contributed by atoms with Gasteiger partial charge in [-0.15, -0.1) is 11.3 Å². The Bertz CT molecular complexity index is 711. The third-order valence-electron chi connectivity index (χ3n) is 3.01. The highest BCUT2D eigenvalue weighted by atomic mass is 32.1. The third-order valence-corrected chi connectivity index (χ3v) is 4.06. The normalized spacial score (nSPS) is 11.6. The molecule has 0 saturated carbocycles. The number of aromatic amines is 1. The molecule has 3 aromatic rings. The topological polar surface area (TPSA) is 44.8 Å². The van der Waals surface area contributed by atoms with E-state index in [0.717, 1.165) is 28.3 Å². The van der Waals surface area contributed by atoms with Crippen molar-refractivity contribution in [3.8, 4) is 10.6 Å². The summed E-state index contributed by atoms with van der Waals surface area (Å²) in [5, 5.41) is 8.05. The predicted molar refractivity (Wildman–Crippen MR) is 79.3 cm³/mol. The van der Waals surface area contributed by atoms with Crippen molar-refractivity contribution < 1.29 is 0 Å². The van der Waals surface area contributed by atoms with Gasteiger partial charge in [-0.1, -0.05) is 6.07 Å². The Morgan fingerprint density at radius 2 is 2.16 bits per heavy atom. The van der Waals surface area contributed by atoms with E-state index < -0.39 is 0 Å². The zero-order valence-electron chi connectivity index (χ0n) is 11.3. The van der Waals surface area contributed by atoms with E-state index in [1.807, 2.05) is 13.1 Å². The van der Waals surface area contributed by atoms with Gasteiger partial charge in [0.2, 0.25) is 0 Å². The maximum Gasteiger partial charge on any atom is 0.128 e. The van der Waals surface area contributed by atoms with E-state index in [9.17, 15) is 0 Å². The van der Waals surface area contributed by atoms with Gasteiger partial charge in [0.05, 0.1) is 22.0 Å². The molecular weight excluding hydrogens is 256 g/mol. The first kappa shape index (κ1) is 12.3. The number of rotatable bonds is 3. The molecule has 3 rings (SSSR count). The monoisotopic (exact) mass is 272 g/mol. The average molecular weight is 272 g/mol. The highest BCUT2D eigenvalue weighted by Gasteiger charge is 2.10. The SMILES string of the molecule is Cc1[nH]ncc1-c1nc2ccc(CN(C)C)cc2s1. The van der Waals surface area contributed by atoms with Gasteiger partial charge in [0.15, 0.2) is 0 Å². The van der Waals surface area contributed by atoms with Crippen LogP contribution in [-0.2, 0) is 6.54 Å². The number of nitrogens with one attached hydrogen (secondary N) is 1. The van der Waals surface area contributed by atoms with Crippen LogP contribution in [0.25, 0.3) is 20.8 Å². The molecule has 0 aliphatic carbocycles. The molecule has 5 heteroatoms. The van der Waals surface area contributed by atoms with Gasteiger partial charge in [-0.05, 0) is 38.7 Å². The molecule has 0 saturated heterocycles. The summed E-state index contributed by atoms with van der Waals surface area (Å²) in [6, 6.07) is 6.48. The van der Waals surface area contributed by atoms with Crippen molar-refractivity contribution in [1.29, 1.82) is 0 Å². The van der Waals surface area contributed by atoms with Crippen LogP contribution < -0.4 is 0 Å². The maximum atomic E-state index is 4.68. The molecule has 0 aliphatic heterocycles. The molecule has 0 fully saturated rings. The predicted octanol–water partition coefficient (Wildman–Crippen LogP) is 3.06. The Kier molecular flexibility index (Phi) is 3.08. The fourth-order valence-electron chi connectivity index (χ4n) is 2.11. The molecule has 0 aliphatic rings. The highest BCUT2D eigenvalue weighted by molar-refractivity contribution is 7.21. The summed E-state index contributed by atoms with van der Waals surface area (Å²) in [5.41, 5.74) is 4.53. The molecule has 0 atom stereocenters. The summed E-state index contributed by atoms with van der Waals surface area (Å²) < 4.78 is 1.23. The molecule has 0 unspecified atom stereocenters. The van der Waals surface area contributed by atoms with Gasteiger partial charge in [0, 0.05) is 12.2 Å². The summed E-state index contributed by atoms with van der Waals surface area (Å²) in [6.45, 7) is 2.97. The van der Waals surface area contributed by atoms with Crippen molar-refractivity contribution in [2.75, 3.05) is 14.1 Å². The smallest absolute Gasteiger partial charge is 0.128 e. The van der Waals surface area contributed by atoms with Gasteiger partial charge >= 0.3 is 0 Å². The summed E-state index contributed by atoms with van der Waals surface area (Å²) >= 11 is 1.72. The van der Waals surface area contributed by atoms with Gasteiger partial charge in [-0.3, -0.25) is 5.10 Å². The minimum absolute atomic E-state index is 0.952. The van der Waals surface area contributed by atoms with Crippen LogP contribution in [0.5, 0.6) is 0 Å². The third kappa shape index (κ3) is 2.39. The number of hydrogen-bond donors (Lipinski definition) is 1. The van der Waals surface area contributed by atoms with Crippen LogP contribution in [0.3, 0.4) is 0 Å². The molecule has 0 amide bonds. The Morgan fingerprint density at radius 1 is 1.32 bits per heavy atom. The second kappa shape index (κ2) is 4.75. The van der Waals surface area contributed by atoms with Gasteiger partial charge < -0.3 is 4.90 Å². The van der Waals surface area contributed by atoms with Crippen molar-refractivity contribution in [2.24, 2.45) is 0 Å². The van der Waals surface area contributed by atoms with E-state index in [2.05, 4.69) is 52.4 Å².